The van der Waals surface area contributed by atoms with Crippen LogP contribution < -0.4 is 5.32 Å². The molecule has 0 spiro atoms. The fourth-order valence-electron chi connectivity index (χ4n) is 2.89. The molecule has 0 bridgehead atoms. The number of hydrogen-bond donors (Lipinski definition) is 1. The molecule has 0 aliphatic heterocycles. The predicted molar refractivity (Wildman–Crippen MR) is 111 cm³/mol. The lowest BCUT2D eigenvalue weighted by molar-refractivity contribution is 0.461. The Hall–Kier alpha value is -2.05. The van der Waals surface area contributed by atoms with E-state index < -0.39 is 0 Å². The zero-order valence-corrected chi connectivity index (χ0v) is 16.9. The van der Waals surface area contributed by atoms with E-state index >= 15 is 0 Å². The highest BCUT2D eigenvalue weighted by atomic mass is 35.5. The van der Waals surface area contributed by atoms with Crippen LogP contribution in [0.2, 0.25) is 5.02 Å². The minimum atomic E-state index is 0.751. The van der Waals surface area contributed by atoms with E-state index in [4.69, 9.17) is 11.6 Å². The SMILES string of the molecule is CN=C(NCCCc1nc2ccccc2s1)N(C)Cc1cc(Cl)cn1C. The second kappa shape index (κ2) is 8.56. The third-order valence-corrected chi connectivity index (χ3v) is 5.54. The summed E-state index contributed by atoms with van der Waals surface area (Å²) in [5, 5.41) is 5.38. The highest BCUT2D eigenvalue weighted by molar-refractivity contribution is 7.18. The average molecular weight is 390 g/mol. The molecule has 0 atom stereocenters. The van der Waals surface area contributed by atoms with Gasteiger partial charge < -0.3 is 14.8 Å². The van der Waals surface area contributed by atoms with Gasteiger partial charge in [-0.3, -0.25) is 4.99 Å². The molecule has 5 nitrogen and oxygen atoms in total. The van der Waals surface area contributed by atoms with E-state index in [-0.39, 0.29) is 0 Å². The van der Waals surface area contributed by atoms with Crippen LogP contribution in [0.1, 0.15) is 17.1 Å². The van der Waals surface area contributed by atoms with Gasteiger partial charge in [0.15, 0.2) is 5.96 Å². The number of thiazole rings is 1. The quantitative estimate of drug-likeness (QED) is 0.394. The number of guanidine groups is 1. The zero-order valence-electron chi connectivity index (χ0n) is 15.4. The molecule has 2 aromatic heterocycles. The molecule has 0 fully saturated rings. The van der Waals surface area contributed by atoms with Crippen molar-refractivity contribution in [2.24, 2.45) is 12.0 Å². The highest BCUT2D eigenvalue weighted by Gasteiger charge is 2.10. The van der Waals surface area contributed by atoms with Crippen molar-refractivity contribution in [1.29, 1.82) is 0 Å². The summed E-state index contributed by atoms with van der Waals surface area (Å²) in [6, 6.07) is 10.3. The second-order valence-corrected chi connectivity index (χ2v) is 7.82. The number of aryl methyl sites for hydroxylation is 2. The van der Waals surface area contributed by atoms with Crippen LogP contribution in [0, 0.1) is 0 Å². The first-order chi connectivity index (χ1) is 12.6. The van der Waals surface area contributed by atoms with Gasteiger partial charge in [-0.25, -0.2) is 4.98 Å². The van der Waals surface area contributed by atoms with Gasteiger partial charge in [-0.2, -0.15) is 0 Å². The van der Waals surface area contributed by atoms with Crippen molar-refractivity contribution < 1.29 is 0 Å². The van der Waals surface area contributed by atoms with Crippen LogP contribution >= 0.6 is 22.9 Å². The van der Waals surface area contributed by atoms with Crippen molar-refractivity contribution in [3.8, 4) is 0 Å². The summed E-state index contributed by atoms with van der Waals surface area (Å²) in [4.78, 5) is 11.2. The Bertz CT molecular complexity index is 865. The topological polar surface area (TPSA) is 45.5 Å². The molecule has 2 heterocycles. The van der Waals surface area contributed by atoms with Gasteiger partial charge in [0.05, 0.1) is 26.8 Å². The summed E-state index contributed by atoms with van der Waals surface area (Å²) in [6.45, 7) is 1.61. The molecule has 3 aromatic rings. The molecule has 3 rings (SSSR count). The van der Waals surface area contributed by atoms with E-state index in [2.05, 4.69) is 38.4 Å². The fourth-order valence-corrected chi connectivity index (χ4v) is 4.17. The van der Waals surface area contributed by atoms with Gasteiger partial charge >= 0.3 is 0 Å². The minimum Gasteiger partial charge on any atom is -0.356 e. The van der Waals surface area contributed by atoms with E-state index in [1.54, 1.807) is 11.3 Å². The second-order valence-electron chi connectivity index (χ2n) is 6.27. The first-order valence-electron chi connectivity index (χ1n) is 8.64. The Labute approximate surface area is 163 Å². The van der Waals surface area contributed by atoms with Crippen molar-refractivity contribution in [3.05, 3.63) is 52.3 Å². The van der Waals surface area contributed by atoms with Crippen molar-refractivity contribution in [1.82, 2.24) is 19.8 Å². The highest BCUT2D eigenvalue weighted by Crippen LogP contribution is 2.22. The summed E-state index contributed by atoms with van der Waals surface area (Å²) in [5.74, 6) is 0.881. The number of fused-ring (bicyclic) bond motifs is 1. The van der Waals surface area contributed by atoms with Gasteiger partial charge in [0.25, 0.3) is 0 Å². The van der Waals surface area contributed by atoms with E-state index in [0.717, 1.165) is 48.1 Å². The maximum absolute atomic E-state index is 6.06. The van der Waals surface area contributed by atoms with Gasteiger partial charge in [-0.15, -0.1) is 11.3 Å². The summed E-state index contributed by atoms with van der Waals surface area (Å²) in [5.41, 5.74) is 2.24. The Morgan fingerprint density at radius 2 is 2.19 bits per heavy atom. The van der Waals surface area contributed by atoms with Crippen LogP contribution in [-0.2, 0) is 20.0 Å². The van der Waals surface area contributed by atoms with Crippen LogP contribution in [0.25, 0.3) is 10.2 Å². The number of nitrogens with zero attached hydrogens (tertiary/aromatic N) is 4. The Kier molecular flexibility index (Phi) is 6.16. The van der Waals surface area contributed by atoms with E-state index in [1.807, 2.05) is 44.0 Å². The molecule has 1 aromatic carbocycles. The lowest BCUT2D eigenvalue weighted by atomic mass is 10.3. The van der Waals surface area contributed by atoms with Crippen LogP contribution in [-0.4, -0.2) is 41.1 Å². The van der Waals surface area contributed by atoms with Gasteiger partial charge in [0.2, 0.25) is 0 Å². The Morgan fingerprint density at radius 1 is 1.38 bits per heavy atom. The molecule has 0 saturated heterocycles. The number of aliphatic imine (C=N–C) groups is 1. The molecular weight excluding hydrogens is 366 g/mol. The average Bonchev–Trinajstić information content (AvgIpc) is 3.17. The molecule has 26 heavy (non-hydrogen) atoms. The third-order valence-electron chi connectivity index (χ3n) is 4.24. The predicted octanol–water partition coefficient (Wildman–Crippen LogP) is 3.93. The van der Waals surface area contributed by atoms with Gasteiger partial charge in [-0.05, 0) is 24.6 Å². The maximum Gasteiger partial charge on any atom is 0.193 e. The minimum absolute atomic E-state index is 0.751. The molecule has 1 N–H and O–H groups in total. The number of rotatable bonds is 6. The largest absolute Gasteiger partial charge is 0.356 e. The molecule has 0 unspecified atom stereocenters. The van der Waals surface area contributed by atoms with E-state index in [9.17, 15) is 0 Å². The van der Waals surface area contributed by atoms with Crippen molar-refractivity contribution in [3.63, 3.8) is 0 Å². The van der Waals surface area contributed by atoms with E-state index in [0.29, 0.717) is 0 Å². The number of benzene rings is 1. The summed E-state index contributed by atoms with van der Waals surface area (Å²) >= 11 is 7.84. The Morgan fingerprint density at radius 3 is 2.88 bits per heavy atom. The van der Waals surface area contributed by atoms with Crippen LogP contribution in [0.15, 0.2) is 41.5 Å². The number of para-hydroxylation sites is 1. The molecule has 0 saturated carbocycles. The molecule has 0 aliphatic rings. The standard InChI is InChI=1S/C19H24ClN5S/c1-21-19(25(3)13-15-11-14(20)12-24(15)2)22-10-6-9-18-23-16-7-4-5-8-17(16)26-18/h4-5,7-8,11-12H,6,9-10,13H2,1-3H3,(H,21,22). The zero-order chi connectivity index (χ0) is 18.5. The van der Waals surface area contributed by atoms with Crippen LogP contribution in [0.4, 0.5) is 0 Å². The van der Waals surface area contributed by atoms with Crippen LogP contribution in [0.5, 0.6) is 0 Å². The Balaban J connectivity index is 1.48. The first-order valence-corrected chi connectivity index (χ1v) is 9.83. The summed E-state index contributed by atoms with van der Waals surface area (Å²) < 4.78 is 3.30. The molecule has 0 amide bonds. The molecule has 0 radical (unpaired) electrons. The third kappa shape index (κ3) is 4.56. The summed E-state index contributed by atoms with van der Waals surface area (Å²) in [6.07, 6.45) is 3.90. The van der Waals surface area contributed by atoms with Gasteiger partial charge in [0, 0.05) is 46.0 Å². The number of aromatic nitrogens is 2. The van der Waals surface area contributed by atoms with Crippen molar-refractivity contribution in [2.75, 3.05) is 20.6 Å². The number of hydrogen-bond acceptors (Lipinski definition) is 3. The molecule has 138 valence electrons. The lowest BCUT2D eigenvalue weighted by Gasteiger charge is -2.22. The van der Waals surface area contributed by atoms with Gasteiger partial charge in [0.1, 0.15) is 0 Å². The van der Waals surface area contributed by atoms with Gasteiger partial charge in [-0.1, -0.05) is 23.7 Å². The van der Waals surface area contributed by atoms with Crippen molar-refractivity contribution >= 4 is 39.1 Å². The van der Waals surface area contributed by atoms with E-state index in [1.165, 1.54) is 9.71 Å². The lowest BCUT2D eigenvalue weighted by Crippen LogP contribution is -2.39. The van der Waals surface area contributed by atoms with Crippen LogP contribution in [0.3, 0.4) is 0 Å². The fraction of sp³-hybridized carbons (Fsp3) is 0.368. The van der Waals surface area contributed by atoms with Crippen molar-refractivity contribution in [2.45, 2.75) is 19.4 Å². The molecular formula is C19H24ClN5S. The first kappa shape index (κ1) is 18.7. The smallest absolute Gasteiger partial charge is 0.193 e. The molecule has 7 heteroatoms. The monoisotopic (exact) mass is 389 g/mol. The molecule has 0 aliphatic carbocycles. The number of halogens is 1. The summed E-state index contributed by atoms with van der Waals surface area (Å²) in [7, 11) is 5.84. The normalized spacial score (nSPS) is 11.9. The number of nitrogens with one attached hydrogen (secondary N) is 1. The maximum atomic E-state index is 6.06.